The maximum atomic E-state index is 10.4. The van der Waals surface area contributed by atoms with Crippen molar-refractivity contribution in [2.75, 3.05) is 26.4 Å². The van der Waals surface area contributed by atoms with Crippen LogP contribution in [0.25, 0.3) is 0 Å². The Kier molecular flexibility index (Phi) is 40.5. The van der Waals surface area contributed by atoms with Crippen molar-refractivity contribution in [1.29, 1.82) is 0 Å². The van der Waals surface area contributed by atoms with Gasteiger partial charge < -0.3 is 17.8 Å². The highest BCUT2D eigenvalue weighted by molar-refractivity contribution is 7.90. The molecule has 0 saturated carbocycles. The number of unbranched alkanes of at least 4 members (excludes halogenated alkanes) is 20. The van der Waals surface area contributed by atoms with Crippen LogP contribution in [-0.4, -0.2) is 38.4 Å². The van der Waals surface area contributed by atoms with Gasteiger partial charge in [0, 0.05) is 26.1 Å². The monoisotopic (exact) mass is 604 g/mol. The van der Waals surface area contributed by atoms with Crippen LogP contribution < -0.4 is 0 Å². The summed E-state index contributed by atoms with van der Waals surface area (Å²) >= 11 is 0.420. The number of hydrogen-bond acceptors (Lipinski definition) is 7. The SMILES string of the molecule is CCC(=O)OSOC(=O)CC.CCCCCCCCCCCCCOCCOCCCCCCCCCCCCC. The first-order valence-corrected chi connectivity index (χ1v) is 18.0. The maximum Gasteiger partial charge on any atom is 0.320 e. The average molecular weight is 605 g/mol. The van der Waals surface area contributed by atoms with Crippen molar-refractivity contribution in [3.63, 3.8) is 0 Å². The minimum Gasteiger partial charge on any atom is -0.379 e. The van der Waals surface area contributed by atoms with E-state index in [0.29, 0.717) is 12.3 Å². The highest BCUT2D eigenvalue weighted by Gasteiger charge is 2.03. The Morgan fingerprint density at radius 3 is 0.927 bits per heavy atom. The number of carbonyl (C=O) groups excluding carboxylic acids is 2. The number of rotatable bonds is 31. The van der Waals surface area contributed by atoms with E-state index in [1.165, 1.54) is 141 Å². The Morgan fingerprint density at radius 2 is 0.659 bits per heavy atom. The Balaban J connectivity index is 0. The molecule has 0 fully saturated rings. The molecule has 0 aliphatic heterocycles. The molecule has 0 saturated heterocycles. The van der Waals surface area contributed by atoms with Gasteiger partial charge in [-0.2, -0.15) is 0 Å². The van der Waals surface area contributed by atoms with Crippen LogP contribution in [0.1, 0.15) is 182 Å². The smallest absolute Gasteiger partial charge is 0.320 e. The second kappa shape index (κ2) is 39.2. The molecule has 0 heterocycles. The molecule has 0 aliphatic carbocycles. The molecule has 0 atom stereocenters. The zero-order valence-electron chi connectivity index (χ0n) is 27.7. The van der Waals surface area contributed by atoms with Gasteiger partial charge in [-0.15, -0.1) is 0 Å². The summed E-state index contributed by atoms with van der Waals surface area (Å²) in [6.45, 7) is 11.3. The molecule has 0 aromatic rings. The fraction of sp³-hybridized carbons (Fsp3) is 0.941. The Bertz CT molecular complexity index is 473. The third-order valence-electron chi connectivity index (χ3n) is 6.99. The van der Waals surface area contributed by atoms with Gasteiger partial charge in [-0.1, -0.05) is 156 Å². The lowest BCUT2D eigenvalue weighted by Crippen LogP contribution is -2.06. The van der Waals surface area contributed by atoms with Crippen molar-refractivity contribution >= 4 is 24.3 Å². The highest BCUT2D eigenvalue weighted by Crippen LogP contribution is 2.12. The standard InChI is InChI=1S/C28H58O2.C6H10O4S/c1-3-5-7-9-11-13-15-17-19-21-23-25-29-27-28-30-26-24-22-20-18-16-14-12-10-8-6-4-2;1-3-5(7)9-11-10-6(8)4-2/h3-28H2,1-2H3;3-4H2,1-2H3. The van der Waals surface area contributed by atoms with E-state index in [4.69, 9.17) is 9.47 Å². The third kappa shape index (κ3) is 41.4. The molecular weight excluding hydrogens is 536 g/mol. The molecule has 0 aromatic heterocycles. The molecule has 0 aliphatic rings. The number of ether oxygens (including phenoxy) is 2. The first-order chi connectivity index (χ1) is 20.1. The second-order valence-electron chi connectivity index (χ2n) is 11.0. The molecule has 7 heteroatoms. The van der Waals surface area contributed by atoms with E-state index >= 15 is 0 Å². The van der Waals surface area contributed by atoms with Crippen LogP contribution in [-0.2, 0) is 27.4 Å². The topological polar surface area (TPSA) is 71.1 Å². The van der Waals surface area contributed by atoms with Crippen LogP contribution in [0.3, 0.4) is 0 Å². The van der Waals surface area contributed by atoms with Crippen molar-refractivity contribution in [3.05, 3.63) is 0 Å². The highest BCUT2D eigenvalue weighted by atomic mass is 32.2. The van der Waals surface area contributed by atoms with Crippen LogP contribution >= 0.6 is 12.3 Å². The molecule has 0 unspecified atom stereocenters. The fourth-order valence-corrected chi connectivity index (χ4v) is 4.69. The predicted octanol–water partition coefficient (Wildman–Crippen LogP) is 11.1. The normalized spacial score (nSPS) is 10.7. The summed E-state index contributed by atoms with van der Waals surface area (Å²) in [4.78, 5) is 20.9. The van der Waals surface area contributed by atoms with E-state index in [0.717, 1.165) is 26.4 Å². The summed E-state index contributed by atoms with van der Waals surface area (Å²) in [6, 6.07) is 0. The Labute approximate surface area is 259 Å². The molecule has 0 radical (unpaired) electrons. The predicted molar refractivity (Wildman–Crippen MR) is 175 cm³/mol. The molecule has 0 bridgehead atoms. The van der Waals surface area contributed by atoms with Gasteiger partial charge in [0.2, 0.25) is 0 Å². The molecule has 0 rings (SSSR count). The Morgan fingerprint density at radius 1 is 0.390 bits per heavy atom. The van der Waals surface area contributed by atoms with E-state index in [2.05, 4.69) is 22.2 Å². The van der Waals surface area contributed by atoms with Crippen molar-refractivity contribution in [2.45, 2.75) is 182 Å². The number of hydrogen-bond donors (Lipinski definition) is 0. The molecule has 0 amide bonds. The van der Waals surface area contributed by atoms with Gasteiger partial charge in [0.05, 0.1) is 13.2 Å². The van der Waals surface area contributed by atoms with E-state index in [-0.39, 0.29) is 12.8 Å². The minimum absolute atomic E-state index is 0.274. The molecular formula is C34H68O6S. The number of carbonyl (C=O) groups is 2. The molecule has 0 spiro atoms. The average Bonchev–Trinajstić information content (AvgIpc) is 2.99. The van der Waals surface area contributed by atoms with Crippen LogP contribution in [0.4, 0.5) is 0 Å². The summed E-state index contributed by atoms with van der Waals surface area (Å²) in [7, 11) is 0. The van der Waals surface area contributed by atoms with E-state index in [1.54, 1.807) is 13.8 Å². The van der Waals surface area contributed by atoms with Gasteiger partial charge in [0.15, 0.2) is 0 Å². The van der Waals surface area contributed by atoms with Crippen LogP contribution in [0, 0.1) is 0 Å². The van der Waals surface area contributed by atoms with Gasteiger partial charge in [-0.05, 0) is 12.8 Å². The quantitative estimate of drug-likeness (QED) is 0.0575. The zero-order valence-corrected chi connectivity index (χ0v) is 28.5. The summed E-state index contributed by atoms with van der Waals surface area (Å²) in [5.74, 6) is -0.808. The van der Waals surface area contributed by atoms with E-state index in [1.807, 2.05) is 0 Å². The van der Waals surface area contributed by atoms with E-state index in [9.17, 15) is 9.59 Å². The maximum absolute atomic E-state index is 10.4. The first-order valence-electron chi connectivity index (χ1n) is 17.3. The molecule has 6 nitrogen and oxygen atoms in total. The second-order valence-corrected chi connectivity index (χ2v) is 11.5. The van der Waals surface area contributed by atoms with Crippen molar-refractivity contribution in [3.8, 4) is 0 Å². The lowest BCUT2D eigenvalue weighted by atomic mass is 10.1. The van der Waals surface area contributed by atoms with Crippen molar-refractivity contribution in [1.82, 2.24) is 0 Å². The molecule has 0 aromatic carbocycles. The largest absolute Gasteiger partial charge is 0.379 e. The van der Waals surface area contributed by atoms with Crippen LogP contribution in [0.5, 0.6) is 0 Å². The van der Waals surface area contributed by atoms with Gasteiger partial charge >= 0.3 is 11.9 Å². The lowest BCUT2D eigenvalue weighted by molar-refractivity contribution is -0.135. The third-order valence-corrected chi connectivity index (χ3v) is 7.50. The Hall–Kier alpha value is -0.790. The van der Waals surface area contributed by atoms with Gasteiger partial charge in [-0.25, -0.2) is 0 Å². The molecule has 246 valence electrons. The van der Waals surface area contributed by atoms with Gasteiger partial charge in [-0.3, -0.25) is 9.59 Å². The van der Waals surface area contributed by atoms with E-state index < -0.39 is 11.9 Å². The van der Waals surface area contributed by atoms with Crippen LogP contribution in [0.15, 0.2) is 0 Å². The van der Waals surface area contributed by atoms with Gasteiger partial charge in [0.1, 0.15) is 0 Å². The molecule has 0 N–H and O–H groups in total. The van der Waals surface area contributed by atoms with Crippen molar-refractivity contribution < 1.29 is 27.4 Å². The van der Waals surface area contributed by atoms with Gasteiger partial charge in [0.25, 0.3) is 12.3 Å². The fourth-order valence-electron chi connectivity index (χ4n) is 4.27. The minimum atomic E-state index is -0.404. The van der Waals surface area contributed by atoms with Crippen LogP contribution in [0.2, 0.25) is 0 Å². The zero-order chi connectivity index (χ0) is 30.5. The first kappa shape index (κ1) is 42.3. The summed E-state index contributed by atoms with van der Waals surface area (Å²) in [6.07, 6.45) is 31.2. The summed E-state index contributed by atoms with van der Waals surface area (Å²) in [5, 5.41) is 0. The van der Waals surface area contributed by atoms with Crippen molar-refractivity contribution in [2.24, 2.45) is 0 Å². The summed E-state index contributed by atoms with van der Waals surface area (Å²) in [5.41, 5.74) is 0. The summed E-state index contributed by atoms with van der Waals surface area (Å²) < 4.78 is 20.2. The molecule has 41 heavy (non-hydrogen) atoms. The lowest BCUT2D eigenvalue weighted by Gasteiger charge is -2.06.